The summed E-state index contributed by atoms with van der Waals surface area (Å²) in [5.74, 6) is 1.72. The number of rotatable bonds is 4. The third kappa shape index (κ3) is 3.82. The van der Waals surface area contributed by atoms with Crippen LogP contribution in [-0.2, 0) is 5.67 Å². The molecule has 3 aliphatic rings. The number of alkyl halides is 1. The quantitative estimate of drug-likeness (QED) is 0.407. The molecule has 2 saturated heterocycles. The number of hydrogen-bond donors (Lipinski definition) is 0. The van der Waals surface area contributed by atoms with Crippen molar-refractivity contribution in [1.29, 1.82) is 0 Å². The molecule has 178 valence electrons. The molecule has 2 aromatic carbocycles. The predicted octanol–water partition coefficient (Wildman–Crippen LogP) is 6.92. The molecular weight excluding hydrogens is 447 g/mol. The van der Waals surface area contributed by atoms with Gasteiger partial charge in [0.25, 0.3) is 0 Å². The Bertz CT molecular complexity index is 1210. The summed E-state index contributed by atoms with van der Waals surface area (Å²) in [6, 6.07) is 12.9. The van der Waals surface area contributed by atoms with E-state index in [4.69, 9.17) is 21.6 Å². The third-order valence-corrected chi connectivity index (χ3v) is 8.45. The molecule has 3 aromatic rings. The number of nitrogens with zero attached hydrogens (tertiary/aromatic N) is 4. The summed E-state index contributed by atoms with van der Waals surface area (Å²) in [6.45, 7) is 6.09. The summed E-state index contributed by atoms with van der Waals surface area (Å²) in [5.41, 5.74) is 3.21. The molecule has 34 heavy (non-hydrogen) atoms. The highest BCUT2D eigenvalue weighted by Gasteiger charge is 2.43. The highest BCUT2D eigenvalue weighted by atomic mass is 35.5. The van der Waals surface area contributed by atoms with Gasteiger partial charge in [0.2, 0.25) is 0 Å². The molecule has 3 fully saturated rings. The van der Waals surface area contributed by atoms with Gasteiger partial charge in [-0.15, -0.1) is 0 Å². The van der Waals surface area contributed by atoms with Crippen molar-refractivity contribution < 1.29 is 4.39 Å². The molecule has 0 atom stereocenters. The number of halogens is 2. The molecule has 0 unspecified atom stereocenters. The Hall–Kier alpha value is -2.40. The molecule has 1 saturated carbocycles. The van der Waals surface area contributed by atoms with Gasteiger partial charge in [-0.2, -0.15) is 0 Å². The Morgan fingerprint density at radius 2 is 1.68 bits per heavy atom. The van der Waals surface area contributed by atoms with Crippen molar-refractivity contribution in [3.05, 3.63) is 58.4 Å². The van der Waals surface area contributed by atoms with Crippen LogP contribution < -0.4 is 9.80 Å². The van der Waals surface area contributed by atoms with Gasteiger partial charge in [-0.3, -0.25) is 0 Å². The van der Waals surface area contributed by atoms with Crippen LogP contribution in [0.3, 0.4) is 0 Å². The van der Waals surface area contributed by atoms with E-state index in [9.17, 15) is 0 Å². The first kappa shape index (κ1) is 22.1. The first-order valence-electron chi connectivity index (χ1n) is 12.8. The zero-order chi connectivity index (χ0) is 23.3. The molecule has 2 aliphatic heterocycles. The Balaban J connectivity index is 1.39. The normalized spacial score (nSPS) is 20.7. The van der Waals surface area contributed by atoms with E-state index in [-0.39, 0.29) is 0 Å². The van der Waals surface area contributed by atoms with Crippen LogP contribution in [0.25, 0.3) is 10.9 Å². The molecule has 3 heterocycles. The first-order chi connectivity index (χ1) is 16.5. The molecule has 0 spiro atoms. The van der Waals surface area contributed by atoms with Crippen LogP contribution in [0.2, 0.25) is 5.02 Å². The van der Waals surface area contributed by atoms with E-state index in [1.807, 2.05) is 6.07 Å². The molecule has 6 heteroatoms. The topological polar surface area (TPSA) is 32.3 Å². The summed E-state index contributed by atoms with van der Waals surface area (Å²) < 4.78 is 15.5. The van der Waals surface area contributed by atoms with E-state index in [1.54, 1.807) is 0 Å². The predicted molar refractivity (Wildman–Crippen MR) is 138 cm³/mol. The van der Waals surface area contributed by atoms with Crippen molar-refractivity contribution in [3.63, 3.8) is 0 Å². The standard InChI is InChI=1S/C28H32ClFN4/c1-19-7-2-3-8-22(19)20-9-15-34(16-10-20)26-23-17-21(33-13-4-5-14-33)18-24(29)25(23)31-27(32-26)28(30)11-6-12-28/h2-3,7-8,17-18,20H,4-6,9-16H2,1H3. The van der Waals surface area contributed by atoms with Crippen LogP contribution in [0.5, 0.6) is 0 Å². The fourth-order valence-electron chi connectivity index (χ4n) is 5.92. The van der Waals surface area contributed by atoms with Crippen molar-refractivity contribution in [3.8, 4) is 0 Å². The minimum Gasteiger partial charge on any atom is -0.371 e. The third-order valence-electron chi connectivity index (χ3n) is 8.16. The smallest absolute Gasteiger partial charge is 0.170 e. The summed E-state index contributed by atoms with van der Waals surface area (Å²) in [6.07, 6.45) is 6.41. The van der Waals surface area contributed by atoms with Crippen molar-refractivity contribution in [2.24, 2.45) is 0 Å². The van der Waals surface area contributed by atoms with Gasteiger partial charge in [0.1, 0.15) is 5.82 Å². The number of benzene rings is 2. The minimum absolute atomic E-state index is 0.318. The largest absolute Gasteiger partial charge is 0.371 e. The Labute approximate surface area is 206 Å². The van der Waals surface area contributed by atoms with Crippen LogP contribution in [0, 0.1) is 6.92 Å². The summed E-state index contributed by atoms with van der Waals surface area (Å²) >= 11 is 6.80. The molecular formula is C28H32ClFN4. The average Bonchev–Trinajstić information content (AvgIpc) is 3.38. The van der Waals surface area contributed by atoms with E-state index >= 15 is 4.39 Å². The van der Waals surface area contributed by atoms with Crippen LogP contribution in [-0.4, -0.2) is 36.1 Å². The summed E-state index contributed by atoms with van der Waals surface area (Å²) in [4.78, 5) is 14.3. The molecule has 6 rings (SSSR count). The fourth-order valence-corrected chi connectivity index (χ4v) is 6.17. The molecule has 1 aromatic heterocycles. The summed E-state index contributed by atoms with van der Waals surface area (Å²) in [7, 11) is 0. The molecule has 4 nitrogen and oxygen atoms in total. The van der Waals surface area contributed by atoms with Gasteiger partial charge in [-0.25, -0.2) is 14.4 Å². The molecule has 0 amide bonds. The number of aryl methyl sites for hydroxylation is 1. The van der Waals surface area contributed by atoms with Crippen molar-refractivity contribution in [1.82, 2.24) is 9.97 Å². The minimum atomic E-state index is -1.42. The number of fused-ring (bicyclic) bond motifs is 1. The van der Waals surface area contributed by atoms with Crippen molar-refractivity contribution in [2.75, 3.05) is 36.0 Å². The van der Waals surface area contributed by atoms with Gasteiger partial charge < -0.3 is 9.80 Å². The van der Waals surface area contributed by atoms with Crippen LogP contribution in [0.1, 0.15) is 67.8 Å². The maximum atomic E-state index is 15.5. The highest BCUT2D eigenvalue weighted by Crippen LogP contribution is 2.46. The van der Waals surface area contributed by atoms with E-state index in [1.165, 1.54) is 24.0 Å². The second-order valence-electron chi connectivity index (χ2n) is 10.3. The number of anilines is 2. The van der Waals surface area contributed by atoms with Gasteiger partial charge in [-0.1, -0.05) is 35.9 Å². The molecule has 0 radical (unpaired) electrons. The van der Waals surface area contributed by atoms with E-state index < -0.39 is 5.67 Å². The first-order valence-corrected chi connectivity index (χ1v) is 13.2. The van der Waals surface area contributed by atoms with Crippen molar-refractivity contribution in [2.45, 2.75) is 63.5 Å². The maximum absolute atomic E-state index is 15.5. The zero-order valence-corrected chi connectivity index (χ0v) is 20.6. The van der Waals surface area contributed by atoms with E-state index in [0.717, 1.165) is 62.3 Å². The lowest BCUT2D eigenvalue weighted by atomic mass is 9.81. The Kier molecular flexibility index (Phi) is 5.63. The number of aromatic nitrogens is 2. The van der Waals surface area contributed by atoms with E-state index in [0.29, 0.717) is 35.1 Å². The van der Waals surface area contributed by atoms with Gasteiger partial charge in [-0.05, 0) is 81.0 Å². The van der Waals surface area contributed by atoms with Crippen molar-refractivity contribution >= 4 is 34.0 Å². The second kappa shape index (κ2) is 8.67. The van der Waals surface area contributed by atoms with Gasteiger partial charge in [0, 0.05) is 37.3 Å². The number of piperidine rings is 1. The lowest BCUT2D eigenvalue weighted by Crippen LogP contribution is -2.36. The summed E-state index contributed by atoms with van der Waals surface area (Å²) in [5, 5.41) is 1.55. The van der Waals surface area contributed by atoms with Gasteiger partial charge >= 0.3 is 0 Å². The Morgan fingerprint density at radius 1 is 0.941 bits per heavy atom. The molecule has 1 aliphatic carbocycles. The van der Waals surface area contributed by atoms with E-state index in [2.05, 4.69) is 47.1 Å². The monoisotopic (exact) mass is 478 g/mol. The Morgan fingerprint density at radius 3 is 2.35 bits per heavy atom. The van der Waals surface area contributed by atoms with Crippen LogP contribution in [0.4, 0.5) is 15.9 Å². The lowest BCUT2D eigenvalue weighted by molar-refractivity contribution is 0.0512. The van der Waals surface area contributed by atoms with Crippen LogP contribution in [0.15, 0.2) is 36.4 Å². The fraction of sp³-hybridized carbons (Fsp3) is 0.500. The second-order valence-corrected chi connectivity index (χ2v) is 10.7. The maximum Gasteiger partial charge on any atom is 0.170 e. The lowest BCUT2D eigenvalue weighted by Gasteiger charge is -2.36. The molecule has 0 bridgehead atoms. The highest BCUT2D eigenvalue weighted by molar-refractivity contribution is 6.35. The van der Waals surface area contributed by atoms with Gasteiger partial charge in [0.05, 0.1) is 10.5 Å². The number of hydrogen-bond acceptors (Lipinski definition) is 4. The molecule has 0 N–H and O–H groups in total. The van der Waals surface area contributed by atoms with Crippen LogP contribution >= 0.6 is 11.6 Å². The SMILES string of the molecule is Cc1ccccc1C1CCN(c2nc(C3(F)CCC3)nc3c(Cl)cc(N4CCCC4)cc23)CC1. The zero-order valence-electron chi connectivity index (χ0n) is 19.9. The average molecular weight is 479 g/mol. The van der Waals surface area contributed by atoms with Gasteiger partial charge in [0.15, 0.2) is 11.5 Å².